The predicted molar refractivity (Wildman–Crippen MR) is 66.4 cm³/mol. The van der Waals surface area contributed by atoms with E-state index in [1.807, 2.05) is 0 Å². The summed E-state index contributed by atoms with van der Waals surface area (Å²) >= 11 is 0. The Bertz CT molecular complexity index is 184. The maximum Gasteiger partial charge on any atom is 0.0594 e. The van der Waals surface area contributed by atoms with Crippen LogP contribution in [-0.2, 0) is 4.74 Å². The molecule has 2 aliphatic rings. The van der Waals surface area contributed by atoms with Crippen molar-refractivity contribution in [1.82, 2.24) is 5.32 Å². The van der Waals surface area contributed by atoms with Crippen LogP contribution in [0.25, 0.3) is 0 Å². The Labute approximate surface area is 99.1 Å². The lowest BCUT2D eigenvalue weighted by atomic mass is 9.94. The molecule has 0 bridgehead atoms. The molecule has 0 atom stereocenters. The average molecular weight is 226 g/mol. The fraction of sp³-hybridized carbons (Fsp3) is 1.00. The van der Waals surface area contributed by atoms with E-state index >= 15 is 0 Å². The van der Waals surface area contributed by atoms with Crippen LogP contribution in [0.4, 0.5) is 0 Å². The van der Waals surface area contributed by atoms with Crippen LogP contribution in [0.5, 0.6) is 0 Å². The maximum absolute atomic E-state index is 5.87. The number of nitrogens with one attached hydrogen (secondary N) is 1. The predicted octanol–water partition coefficient (Wildman–Crippen LogP) is 1.81. The monoisotopic (exact) mass is 226 g/mol. The van der Waals surface area contributed by atoms with E-state index in [1.165, 1.54) is 25.7 Å². The zero-order valence-corrected chi connectivity index (χ0v) is 10.3. The van der Waals surface area contributed by atoms with E-state index in [4.69, 9.17) is 10.5 Å². The van der Waals surface area contributed by atoms with E-state index in [2.05, 4.69) is 5.32 Å². The van der Waals surface area contributed by atoms with Gasteiger partial charge >= 0.3 is 0 Å². The lowest BCUT2D eigenvalue weighted by Gasteiger charge is -2.26. The molecule has 2 rings (SSSR count). The molecule has 94 valence electrons. The lowest BCUT2D eigenvalue weighted by molar-refractivity contribution is 0.0262. The van der Waals surface area contributed by atoms with Crippen molar-refractivity contribution in [1.29, 1.82) is 0 Å². The molecule has 2 fully saturated rings. The fourth-order valence-electron chi connectivity index (χ4n) is 2.87. The largest absolute Gasteiger partial charge is 0.377 e. The first-order valence-corrected chi connectivity index (χ1v) is 6.95. The molecule has 0 aromatic rings. The van der Waals surface area contributed by atoms with Crippen LogP contribution in [0.1, 0.15) is 51.4 Å². The molecule has 16 heavy (non-hydrogen) atoms. The van der Waals surface area contributed by atoms with Crippen LogP contribution in [0.15, 0.2) is 0 Å². The Morgan fingerprint density at radius 3 is 2.38 bits per heavy atom. The summed E-state index contributed by atoms with van der Waals surface area (Å²) < 4.78 is 5.87. The van der Waals surface area contributed by atoms with E-state index in [0.29, 0.717) is 12.1 Å². The molecule has 0 spiro atoms. The molecule has 3 N–H and O–H groups in total. The minimum absolute atomic E-state index is 0.427. The zero-order chi connectivity index (χ0) is 11.2. The average Bonchev–Trinajstić information content (AvgIpc) is 2.80. The van der Waals surface area contributed by atoms with Gasteiger partial charge in [0.05, 0.1) is 12.7 Å². The van der Waals surface area contributed by atoms with Gasteiger partial charge in [-0.3, -0.25) is 0 Å². The topological polar surface area (TPSA) is 47.3 Å². The van der Waals surface area contributed by atoms with Gasteiger partial charge < -0.3 is 15.8 Å². The van der Waals surface area contributed by atoms with Crippen LogP contribution >= 0.6 is 0 Å². The summed E-state index contributed by atoms with van der Waals surface area (Å²) in [7, 11) is 0. The molecule has 0 saturated heterocycles. The summed E-state index contributed by atoms with van der Waals surface area (Å²) in [5.74, 6) is 0. The van der Waals surface area contributed by atoms with Crippen LogP contribution in [0.2, 0.25) is 0 Å². The summed E-state index contributed by atoms with van der Waals surface area (Å²) in [6.45, 7) is 1.89. The summed E-state index contributed by atoms with van der Waals surface area (Å²) in [5, 5.41) is 3.58. The molecular weight excluding hydrogens is 200 g/mol. The summed E-state index contributed by atoms with van der Waals surface area (Å²) in [6.07, 6.45) is 10.6. The Morgan fingerprint density at radius 2 is 1.69 bits per heavy atom. The third-order valence-corrected chi connectivity index (χ3v) is 3.96. The van der Waals surface area contributed by atoms with Crippen LogP contribution in [-0.4, -0.2) is 31.3 Å². The minimum Gasteiger partial charge on any atom is -0.377 e. The molecule has 0 unspecified atom stereocenters. The maximum atomic E-state index is 5.87. The van der Waals surface area contributed by atoms with Gasteiger partial charge in [0, 0.05) is 18.6 Å². The standard InChI is InChI=1S/C13H26N2O/c14-11-5-7-13(8-6-11)16-10-9-15-12-3-1-2-4-12/h11-13,15H,1-10,14H2. The van der Waals surface area contributed by atoms with Gasteiger partial charge in [0.1, 0.15) is 0 Å². The summed E-state index contributed by atoms with van der Waals surface area (Å²) in [5.41, 5.74) is 5.87. The molecular formula is C13H26N2O. The first-order valence-electron chi connectivity index (χ1n) is 6.95. The first kappa shape index (κ1) is 12.3. The number of ether oxygens (including phenoxy) is 1. The second kappa shape index (κ2) is 6.58. The smallest absolute Gasteiger partial charge is 0.0594 e. The van der Waals surface area contributed by atoms with Crippen molar-refractivity contribution in [2.45, 2.75) is 69.6 Å². The molecule has 0 amide bonds. The molecule has 0 aromatic carbocycles. The normalized spacial score (nSPS) is 32.1. The summed E-state index contributed by atoms with van der Waals surface area (Å²) in [4.78, 5) is 0. The van der Waals surface area contributed by atoms with Gasteiger partial charge in [-0.05, 0) is 38.5 Å². The van der Waals surface area contributed by atoms with Gasteiger partial charge in [-0.15, -0.1) is 0 Å². The van der Waals surface area contributed by atoms with E-state index in [-0.39, 0.29) is 0 Å². The van der Waals surface area contributed by atoms with Crippen LogP contribution in [0, 0.1) is 0 Å². The molecule has 0 radical (unpaired) electrons. The Morgan fingerprint density at radius 1 is 1.00 bits per heavy atom. The van der Waals surface area contributed by atoms with Gasteiger partial charge in [0.25, 0.3) is 0 Å². The van der Waals surface area contributed by atoms with Crippen molar-refractivity contribution in [3.63, 3.8) is 0 Å². The molecule has 0 heterocycles. The van der Waals surface area contributed by atoms with Crippen molar-refractivity contribution < 1.29 is 4.74 Å². The number of rotatable bonds is 5. The number of nitrogens with two attached hydrogens (primary N) is 1. The second-order valence-electron chi connectivity index (χ2n) is 5.34. The van der Waals surface area contributed by atoms with Crippen LogP contribution < -0.4 is 11.1 Å². The van der Waals surface area contributed by atoms with Crippen molar-refractivity contribution >= 4 is 0 Å². The van der Waals surface area contributed by atoms with E-state index in [9.17, 15) is 0 Å². The second-order valence-corrected chi connectivity index (χ2v) is 5.34. The van der Waals surface area contributed by atoms with Gasteiger partial charge in [-0.25, -0.2) is 0 Å². The van der Waals surface area contributed by atoms with E-state index in [1.54, 1.807) is 0 Å². The van der Waals surface area contributed by atoms with Gasteiger partial charge in [0.2, 0.25) is 0 Å². The van der Waals surface area contributed by atoms with Crippen LogP contribution in [0.3, 0.4) is 0 Å². The Kier molecular flexibility index (Phi) is 5.07. The highest BCUT2D eigenvalue weighted by molar-refractivity contribution is 4.75. The third kappa shape index (κ3) is 4.04. The highest BCUT2D eigenvalue weighted by atomic mass is 16.5. The van der Waals surface area contributed by atoms with Gasteiger partial charge in [0.15, 0.2) is 0 Å². The van der Waals surface area contributed by atoms with Crippen molar-refractivity contribution in [3.8, 4) is 0 Å². The Balaban J connectivity index is 1.48. The summed E-state index contributed by atoms with van der Waals surface area (Å²) in [6, 6.07) is 1.19. The molecule has 3 heteroatoms. The number of hydrogen-bond donors (Lipinski definition) is 2. The first-order chi connectivity index (χ1) is 7.84. The fourth-order valence-corrected chi connectivity index (χ4v) is 2.87. The lowest BCUT2D eigenvalue weighted by Crippen LogP contribution is -2.33. The molecule has 3 nitrogen and oxygen atoms in total. The zero-order valence-electron chi connectivity index (χ0n) is 10.3. The van der Waals surface area contributed by atoms with Crippen molar-refractivity contribution in [2.24, 2.45) is 5.73 Å². The van der Waals surface area contributed by atoms with Crippen molar-refractivity contribution in [3.05, 3.63) is 0 Å². The third-order valence-electron chi connectivity index (χ3n) is 3.96. The highest BCUT2D eigenvalue weighted by Gasteiger charge is 2.19. The molecule has 2 saturated carbocycles. The number of hydrogen-bond acceptors (Lipinski definition) is 3. The molecule has 0 aliphatic heterocycles. The highest BCUT2D eigenvalue weighted by Crippen LogP contribution is 2.20. The van der Waals surface area contributed by atoms with E-state index in [0.717, 1.165) is 44.9 Å². The van der Waals surface area contributed by atoms with Gasteiger partial charge in [-0.1, -0.05) is 12.8 Å². The molecule has 0 aromatic heterocycles. The van der Waals surface area contributed by atoms with Gasteiger partial charge in [-0.2, -0.15) is 0 Å². The molecule has 2 aliphatic carbocycles. The Hall–Kier alpha value is -0.120. The SMILES string of the molecule is NC1CCC(OCCNC2CCCC2)CC1. The van der Waals surface area contributed by atoms with E-state index < -0.39 is 0 Å². The van der Waals surface area contributed by atoms with Crippen molar-refractivity contribution in [2.75, 3.05) is 13.2 Å². The quantitative estimate of drug-likeness (QED) is 0.703. The minimum atomic E-state index is 0.427.